The number of hydrogen-bond donors (Lipinski definition) is 1. The maximum absolute atomic E-state index is 12.9. The van der Waals surface area contributed by atoms with Crippen LogP contribution in [0.3, 0.4) is 0 Å². The Bertz CT molecular complexity index is 1190. The van der Waals surface area contributed by atoms with Gasteiger partial charge in [-0.3, -0.25) is 19.0 Å². The summed E-state index contributed by atoms with van der Waals surface area (Å²) in [5, 5.41) is 3.97. The van der Waals surface area contributed by atoms with Crippen molar-refractivity contribution >= 4 is 40.2 Å². The maximum atomic E-state index is 12.9. The molecule has 2 aromatic carbocycles. The fourth-order valence-electron chi connectivity index (χ4n) is 3.41. The summed E-state index contributed by atoms with van der Waals surface area (Å²) in [6, 6.07) is 13.0. The molecule has 0 spiro atoms. The average Bonchev–Trinajstić information content (AvgIpc) is 2.77. The summed E-state index contributed by atoms with van der Waals surface area (Å²) in [5.74, 6) is -0.381. The van der Waals surface area contributed by atoms with Crippen LogP contribution in [0.25, 0.3) is 10.9 Å². The predicted molar refractivity (Wildman–Crippen MR) is 129 cm³/mol. The van der Waals surface area contributed by atoms with Gasteiger partial charge < -0.3 is 10.2 Å². The van der Waals surface area contributed by atoms with Gasteiger partial charge >= 0.3 is 0 Å². The molecule has 2 amide bonds. The minimum Gasteiger partial charge on any atom is -0.336 e. The zero-order valence-electron chi connectivity index (χ0n) is 18.8. The van der Waals surface area contributed by atoms with Crippen LogP contribution in [0.4, 0.5) is 5.69 Å². The highest BCUT2D eigenvalue weighted by Crippen LogP contribution is 2.20. The number of hydrogen-bond acceptors (Lipinski definition) is 5. The average molecular weight is 453 g/mol. The van der Waals surface area contributed by atoms with Gasteiger partial charge in [0.25, 0.3) is 5.56 Å². The summed E-state index contributed by atoms with van der Waals surface area (Å²) in [7, 11) is 1.60. The molecule has 0 atom stereocenters. The van der Waals surface area contributed by atoms with E-state index < -0.39 is 0 Å². The van der Waals surface area contributed by atoms with E-state index in [4.69, 9.17) is 0 Å². The molecule has 1 N–H and O–H groups in total. The third-order valence-electron chi connectivity index (χ3n) is 5.15. The second-order valence-corrected chi connectivity index (χ2v) is 8.66. The van der Waals surface area contributed by atoms with Gasteiger partial charge in [0, 0.05) is 19.3 Å². The van der Waals surface area contributed by atoms with Crippen LogP contribution in [0.2, 0.25) is 0 Å². The van der Waals surface area contributed by atoms with Crippen LogP contribution in [0.5, 0.6) is 0 Å². The number of amides is 2. The lowest BCUT2D eigenvalue weighted by atomic mass is 10.1. The first kappa shape index (κ1) is 23.5. The highest BCUT2D eigenvalue weighted by molar-refractivity contribution is 7.99. The van der Waals surface area contributed by atoms with Crippen molar-refractivity contribution in [2.75, 3.05) is 24.7 Å². The molecule has 0 aliphatic carbocycles. The van der Waals surface area contributed by atoms with E-state index in [1.165, 1.54) is 16.7 Å². The quantitative estimate of drug-likeness (QED) is 0.417. The van der Waals surface area contributed by atoms with E-state index in [2.05, 4.69) is 10.3 Å². The molecule has 1 aromatic heterocycles. The fraction of sp³-hybridized carbons (Fsp3) is 0.333. The summed E-state index contributed by atoms with van der Waals surface area (Å²) >= 11 is 1.22. The zero-order chi connectivity index (χ0) is 23.3. The van der Waals surface area contributed by atoms with Crippen LogP contribution in [0.1, 0.15) is 24.5 Å². The standard InChI is InChI=1S/C24H28N4O3S/c1-5-13-28-23(31)18-11-6-7-12-19(18)25-24(28)32-15-21(30)27(4)14-20(29)26-22-16(2)9-8-10-17(22)3/h6-12H,5,13-15H2,1-4H3,(H,26,29). The SMILES string of the molecule is CCCn1c(SCC(=O)N(C)CC(=O)Nc2c(C)cccc2C)nc2ccccc2c1=O. The normalized spacial score (nSPS) is 10.9. The summed E-state index contributed by atoms with van der Waals surface area (Å²) < 4.78 is 1.62. The molecule has 8 heteroatoms. The number of likely N-dealkylation sites (N-methyl/N-ethyl adjacent to an activating group) is 1. The molecule has 32 heavy (non-hydrogen) atoms. The van der Waals surface area contributed by atoms with E-state index in [1.807, 2.05) is 51.1 Å². The lowest BCUT2D eigenvalue weighted by Gasteiger charge is -2.18. The first-order valence-corrected chi connectivity index (χ1v) is 11.5. The number of anilines is 1. The molecule has 168 valence electrons. The smallest absolute Gasteiger partial charge is 0.262 e. The molecular formula is C24H28N4O3S. The number of aryl methyl sites for hydroxylation is 2. The highest BCUT2D eigenvalue weighted by Gasteiger charge is 2.17. The molecular weight excluding hydrogens is 424 g/mol. The van der Waals surface area contributed by atoms with Crippen LogP contribution in [0, 0.1) is 13.8 Å². The van der Waals surface area contributed by atoms with Crippen molar-refractivity contribution in [3.8, 4) is 0 Å². The Morgan fingerprint density at radius 2 is 1.78 bits per heavy atom. The Kier molecular flexibility index (Phi) is 7.69. The van der Waals surface area contributed by atoms with Crippen molar-refractivity contribution in [1.82, 2.24) is 14.5 Å². The number of fused-ring (bicyclic) bond motifs is 1. The fourth-order valence-corrected chi connectivity index (χ4v) is 4.38. The number of carbonyl (C=O) groups is 2. The van der Waals surface area contributed by atoms with Crippen LogP contribution < -0.4 is 10.9 Å². The third kappa shape index (κ3) is 5.37. The van der Waals surface area contributed by atoms with E-state index in [-0.39, 0.29) is 29.7 Å². The minimum atomic E-state index is -0.255. The lowest BCUT2D eigenvalue weighted by molar-refractivity contribution is -0.131. The number of aromatic nitrogens is 2. The molecule has 0 unspecified atom stereocenters. The van der Waals surface area contributed by atoms with Crippen molar-refractivity contribution in [1.29, 1.82) is 0 Å². The van der Waals surface area contributed by atoms with Crippen molar-refractivity contribution in [3.63, 3.8) is 0 Å². The van der Waals surface area contributed by atoms with Gasteiger partial charge in [-0.15, -0.1) is 0 Å². The van der Waals surface area contributed by atoms with Crippen molar-refractivity contribution in [3.05, 3.63) is 63.9 Å². The maximum Gasteiger partial charge on any atom is 0.262 e. The van der Waals surface area contributed by atoms with E-state index in [0.717, 1.165) is 23.2 Å². The number of carbonyl (C=O) groups excluding carboxylic acids is 2. The van der Waals surface area contributed by atoms with Crippen molar-refractivity contribution in [2.45, 2.75) is 38.9 Å². The zero-order valence-corrected chi connectivity index (χ0v) is 19.7. The van der Waals surface area contributed by atoms with Crippen LogP contribution >= 0.6 is 11.8 Å². The molecule has 3 rings (SSSR count). The van der Waals surface area contributed by atoms with Gasteiger partial charge in [-0.25, -0.2) is 4.98 Å². The summed E-state index contributed by atoms with van der Waals surface area (Å²) in [6.45, 7) is 6.33. The number of thioether (sulfide) groups is 1. The predicted octanol–water partition coefficient (Wildman–Crippen LogP) is 3.61. The topological polar surface area (TPSA) is 84.3 Å². The molecule has 0 aliphatic rings. The Morgan fingerprint density at radius 1 is 1.09 bits per heavy atom. The van der Waals surface area contributed by atoms with Gasteiger partial charge in [0.05, 0.1) is 23.2 Å². The Labute approximate surface area is 191 Å². The van der Waals surface area contributed by atoms with E-state index in [9.17, 15) is 14.4 Å². The number of rotatable bonds is 8. The van der Waals surface area contributed by atoms with Crippen molar-refractivity contribution in [2.24, 2.45) is 0 Å². The molecule has 1 heterocycles. The largest absolute Gasteiger partial charge is 0.336 e. The summed E-state index contributed by atoms with van der Waals surface area (Å²) in [6.07, 6.45) is 0.778. The van der Waals surface area contributed by atoms with Crippen molar-refractivity contribution < 1.29 is 9.59 Å². The third-order valence-corrected chi connectivity index (χ3v) is 6.11. The van der Waals surface area contributed by atoms with Gasteiger partial charge in [-0.05, 0) is 43.5 Å². The molecule has 0 fully saturated rings. The van der Waals surface area contributed by atoms with E-state index >= 15 is 0 Å². The van der Waals surface area contributed by atoms with Gasteiger partial charge in [-0.2, -0.15) is 0 Å². The first-order valence-electron chi connectivity index (χ1n) is 10.5. The van der Waals surface area contributed by atoms with Crippen LogP contribution in [0.15, 0.2) is 52.4 Å². The minimum absolute atomic E-state index is 0.0555. The lowest BCUT2D eigenvalue weighted by Crippen LogP contribution is -2.36. The molecule has 3 aromatic rings. The second-order valence-electron chi connectivity index (χ2n) is 7.72. The number of para-hydroxylation sites is 2. The first-order chi connectivity index (χ1) is 15.3. The summed E-state index contributed by atoms with van der Waals surface area (Å²) in [5.41, 5.74) is 3.23. The van der Waals surface area contributed by atoms with Crippen LogP contribution in [-0.2, 0) is 16.1 Å². The van der Waals surface area contributed by atoms with Gasteiger partial charge in [-0.1, -0.05) is 49.0 Å². The monoisotopic (exact) mass is 452 g/mol. The Balaban J connectivity index is 1.67. The molecule has 0 saturated carbocycles. The van der Waals surface area contributed by atoms with E-state index in [1.54, 1.807) is 23.7 Å². The Hall–Kier alpha value is -3.13. The number of nitrogens with zero attached hydrogens (tertiary/aromatic N) is 3. The van der Waals surface area contributed by atoms with Gasteiger partial charge in [0.2, 0.25) is 11.8 Å². The van der Waals surface area contributed by atoms with Gasteiger partial charge in [0.1, 0.15) is 0 Å². The molecule has 0 bridgehead atoms. The van der Waals surface area contributed by atoms with Gasteiger partial charge in [0.15, 0.2) is 5.16 Å². The molecule has 0 aliphatic heterocycles. The number of benzene rings is 2. The molecule has 0 radical (unpaired) electrons. The van der Waals surface area contributed by atoms with E-state index in [0.29, 0.717) is 22.6 Å². The van der Waals surface area contributed by atoms with Crippen LogP contribution in [-0.4, -0.2) is 45.6 Å². The second kappa shape index (κ2) is 10.5. The molecule has 0 saturated heterocycles. The number of nitrogens with one attached hydrogen (secondary N) is 1. The Morgan fingerprint density at radius 3 is 2.47 bits per heavy atom. The molecule has 7 nitrogen and oxygen atoms in total. The summed E-state index contributed by atoms with van der Waals surface area (Å²) in [4.78, 5) is 44.0. The highest BCUT2D eigenvalue weighted by atomic mass is 32.2.